The average Bonchev–Trinajstić information content (AvgIpc) is 3.35. The Morgan fingerprint density at radius 3 is 2.31 bits per heavy atom. The number of nitrogens with one attached hydrogen (secondary N) is 1. The van der Waals surface area contributed by atoms with Crippen LogP contribution in [0.5, 0.6) is 5.75 Å². The molecule has 1 aromatic heterocycles. The first-order valence-corrected chi connectivity index (χ1v) is 11.8. The third-order valence-electron chi connectivity index (χ3n) is 6.17. The predicted molar refractivity (Wildman–Crippen MR) is 142 cm³/mol. The first-order valence-electron chi connectivity index (χ1n) is 11.4. The lowest BCUT2D eigenvalue weighted by molar-refractivity contribution is 0.403. The van der Waals surface area contributed by atoms with E-state index in [1.165, 1.54) is 11.1 Å². The molecule has 1 aliphatic heterocycles. The molecule has 0 radical (unpaired) electrons. The number of rotatable bonds is 5. The van der Waals surface area contributed by atoms with Crippen LogP contribution in [0.15, 0.2) is 83.0 Å². The topological polar surface area (TPSA) is 63.4 Å². The van der Waals surface area contributed by atoms with Crippen molar-refractivity contribution >= 4 is 28.6 Å². The van der Waals surface area contributed by atoms with E-state index in [4.69, 9.17) is 26.5 Å². The lowest BCUT2D eigenvalue weighted by atomic mass is 9.94. The van der Waals surface area contributed by atoms with Gasteiger partial charge in [-0.05, 0) is 62.8 Å². The minimum absolute atomic E-state index is 0.233. The summed E-state index contributed by atoms with van der Waals surface area (Å²) in [7, 11) is 1.64. The van der Waals surface area contributed by atoms with E-state index in [9.17, 15) is 0 Å². The van der Waals surface area contributed by atoms with Gasteiger partial charge >= 0.3 is 0 Å². The van der Waals surface area contributed by atoms with Crippen molar-refractivity contribution in [3.05, 3.63) is 101 Å². The molecule has 0 aliphatic carbocycles. The number of methoxy groups -OCH3 is 1. The monoisotopic (exact) mass is 482 g/mol. The minimum atomic E-state index is -0.233. The van der Waals surface area contributed by atoms with Crippen molar-refractivity contribution in [1.29, 1.82) is 0 Å². The minimum Gasteiger partial charge on any atom is -0.497 e. The lowest BCUT2D eigenvalue weighted by Gasteiger charge is -2.37. The molecule has 1 atom stereocenters. The average molecular weight is 483 g/mol. The second kappa shape index (κ2) is 9.35. The van der Waals surface area contributed by atoms with Crippen LogP contribution >= 0.6 is 12.2 Å². The van der Waals surface area contributed by atoms with Gasteiger partial charge in [-0.1, -0.05) is 64.8 Å². The molecule has 5 rings (SSSR count). The third kappa shape index (κ3) is 4.42. The van der Waals surface area contributed by atoms with Gasteiger partial charge in [0.05, 0.1) is 18.7 Å². The number of hydrogen-bond donors (Lipinski definition) is 1. The van der Waals surface area contributed by atoms with Gasteiger partial charge in [0.25, 0.3) is 5.89 Å². The van der Waals surface area contributed by atoms with E-state index < -0.39 is 0 Å². The molecule has 7 heteroatoms. The van der Waals surface area contributed by atoms with Gasteiger partial charge in [-0.3, -0.25) is 4.90 Å². The molecule has 0 spiro atoms. The number of aryl methyl sites for hydroxylation is 2. The van der Waals surface area contributed by atoms with Crippen LogP contribution in [0.1, 0.15) is 35.5 Å². The zero-order valence-electron chi connectivity index (χ0n) is 20.1. The Kier molecular flexibility index (Phi) is 6.09. The molecular formula is C28H26N4O2S. The zero-order valence-corrected chi connectivity index (χ0v) is 20.9. The maximum atomic E-state index is 5.85. The number of allylic oxidation sites excluding steroid dienone is 1. The predicted octanol–water partition coefficient (Wildman–Crippen LogP) is 6.23. The van der Waals surface area contributed by atoms with Crippen LogP contribution in [0, 0.1) is 13.8 Å². The SMILES string of the molecule is COc1cccc(-c2noc(C3=C(C)N(c4ccc(C)cc4)C(=S)NC3c3ccc(C)cc3)n2)c1. The van der Waals surface area contributed by atoms with Crippen LogP contribution in [0.25, 0.3) is 17.0 Å². The summed E-state index contributed by atoms with van der Waals surface area (Å²) in [6.07, 6.45) is 0. The maximum Gasteiger partial charge on any atom is 0.258 e. The highest BCUT2D eigenvalue weighted by atomic mass is 32.1. The van der Waals surface area contributed by atoms with Crippen LogP contribution in [0.3, 0.4) is 0 Å². The van der Waals surface area contributed by atoms with E-state index in [1.807, 2.05) is 36.1 Å². The van der Waals surface area contributed by atoms with Gasteiger partial charge in [0.15, 0.2) is 5.11 Å². The number of aromatic nitrogens is 2. The largest absolute Gasteiger partial charge is 0.497 e. The number of hydrogen-bond acceptors (Lipinski definition) is 5. The number of benzene rings is 3. The first kappa shape index (κ1) is 22.8. The lowest BCUT2D eigenvalue weighted by Crippen LogP contribution is -2.46. The smallest absolute Gasteiger partial charge is 0.258 e. The fraction of sp³-hybridized carbons (Fsp3) is 0.179. The van der Waals surface area contributed by atoms with Crippen molar-refractivity contribution in [2.75, 3.05) is 12.0 Å². The van der Waals surface area contributed by atoms with Crippen LogP contribution in [-0.4, -0.2) is 22.4 Å². The fourth-order valence-corrected chi connectivity index (χ4v) is 4.61. The number of nitrogens with zero attached hydrogens (tertiary/aromatic N) is 3. The van der Waals surface area contributed by atoms with E-state index in [0.717, 1.165) is 33.8 Å². The molecular weight excluding hydrogens is 456 g/mol. The van der Waals surface area contributed by atoms with E-state index in [1.54, 1.807) is 7.11 Å². The van der Waals surface area contributed by atoms with Crippen molar-refractivity contribution < 1.29 is 9.26 Å². The van der Waals surface area contributed by atoms with Crippen LogP contribution < -0.4 is 15.0 Å². The van der Waals surface area contributed by atoms with Gasteiger partial charge < -0.3 is 14.6 Å². The molecule has 176 valence electrons. The van der Waals surface area contributed by atoms with Crippen molar-refractivity contribution in [1.82, 2.24) is 15.5 Å². The highest BCUT2D eigenvalue weighted by molar-refractivity contribution is 7.80. The fourth-order valence-electron chi connectivity index (χ4n) is 4.25. The molecule has 0 saturated carbocycles. The van der Waals surface area contributed by atoms with Crippen LogP contribution in [0.4, 0.5) is 5.69 Å². The number of ether oxygens (including phenoxy) is 1. The van der Waals surface area contributed by atoms with Gasteiger partial charge in [-0.25, -0.2) is 0 Å². The molecule has 1 aliphatic rings. The molecule has 2 heterocycles. The molecule has 0 bridgehead atoms. The maximum absolute atomic E-state index is 5.85. The molecule has 0 saturated heterocycles. The highest BCUT2D eigenvalue weighted by Crippen LogP contribution is 2.39. The summed E-state index contributed by atoms with van der Waals surface area (Å²) in [5.41, 5.74) is 7.04. The summed E-state index contributed by atoms with van der Waals surface area (Å²) < 4.78 is 11.2. The van der Waals surface area contributed by atoms with Gasteiger partial charge in [0, 0.05) is 16.9 Å². The van der Waals surface area contributed by atoms with E-state index >= 15 is 0 Å². The van der Waals surface area contributed by atoms with Gasteiger partial charge in [0.2, 0.25) is 5.82 Å². The van der Waals surface area contributed by atoms with Gasteiger partial charge in [-0.2, -0.15) is 4.98 Å². The van der Waals surface area contributed by atoms with Crippen molar-refractivity contribution in [3.63, 3.8) is 0 Å². The summed E-state index contributed by atoms with van der Waals surface area (Å²) in [4.78, 5) is 6.81. The van der Waals surface area contributed by atoms with Crippen LogP contribution in [0.2, 0.25) is 0 Å². The standard InChI is InChI=1S/C28H26N4O2S/c1-17-8-12-20(13-9-17)25-24(19(3)32(28(35)29-25)22-14-10-18(2)11-15-22)27-30-26(31-34-27)21-6-5-7-23(16-21)33-4/h5-16,25H,1-4H3,(H,29,35). The molecule has 4 aromatic rings. The van der Waals surface area contributed by atoms with E-state index in [2.05, 4.69) is 72.9 Å². The highest BCUT2D eigenvalue weighted by Gasteiger charge is 2.34. The van der Waals surface area contributed by atoms with E-state index in [0.29, 0.717) is 16.8 Å². The Labute approximate surface area is 210 Å². The molecule has 6 nitrogen and oxygen atoms in total. The zero-order chi connectivity index (χ0) is 24.5. The second-order valence-electron chi connectivity index (χ2n) is 8.62. The molecule has 0 fully saturated rings. The summed E-state index contributed by atoms with van der Waals surface area (Å²) in [5.74, 6) is 1.67. The van der Waals surface area contributed by atoms with Crippen molar-refractivity contribution in [3.8, 4) is 17.1 Å². The summed E-state index contributed by atoms with van der Waals surface area (Å²) in [6, 6.07) is 24.0. The molecule has 1 unspecified atom stereocenters. The number of thiocarbonyl (C=S) groups is 1. The van der Waals surface area contributed by atoms with Crippen molar-refractivity contribution in [2.45, 2.75) is 26.8 Å². The Hall–Kier alpha value is -3.97. The quantitative estimate of drug-likeness (QED) is 0.338. The normalized spacial score (nSPS) is 15.8. The first-order chi connectivity index (χ1) is 16.9. The Balaban J connectivity index is 1.64. The van der Waals surface area contributed by atoms with Crippen LogP contribution in [-0.2, 0) is 0 Å². The summed E-state index contributed by atoms with van der Waals surface area (Å²) in [6.45, 7) is 6.18. The summed E-state index contributed by atoms with van der Waals surface area (Å²) in [5, 5.41) is 8.42. The Bertz CT molecular complexity index is 1410. The second-order valence-corrected chi connectivity index (χ2v) is 9.01. The van der Waals surface area contributed by atoms with Crippen molar-refractivity contribution in [2.24, 2.45) is 0 Å². The van der Waals surface area contributed by atoms with Gasteiger partial charge in [0.1, 0.15) is 5.75 Å². The molecule has 0 amide bonds. The molecule has 3 aromatic carbocycles. The van der Waals surface area contributed by atoms with Gasteiger partial charge in [-0.15, -0.1) is 0 Å². The Morgan fingerprint density at radius 2 is 1.63 bits per heavy atom. The molecule has 35 heavy (non-hydrogen) atoms. The summed E-state index contributed by atoms with van der Waals surface area (Å²) >= 11 is 5.83. The molecule has 1 N–H and O–H groups in total. The van der Waals surface area contributed by atoms with E-state index in [-0.39, 0.29) is 6.04 Å². The number of anilines is 1. The third-order valence-corrected chi connectivity index (χ3v) is 6.47. The Morgan fingerprint density at radius 1 is 0.943 bits per heavy atom.